The van der Waals surface area contributed by atoms with E-state index in [0.717, 1.165) is 18.4 Å². The Kier molecular flexibility index (Phi) is 7.35. The first-order chi connectivity index (χ1) is 10.1. The molecule has 1 aliphatic heterocycles. The van der Waals surface area contributed by atoms with Crippen LogP contribution in [0.3, 0.4) is 0 Å². The van der Waals surface area contributed by atoms with Crippen LogP contribution < -0.4 is 11.1 Å². The van der Waals surface area contributed by atoms with Gasteiger partial charge in [-0.05, 0) is 25.3 Å². The fourth-order valence-electron chi connectivity index (χ4n) is 2.61. The van der Waals surface area contributed by atoms with Crippen molar-refractivity contribution in [3.05, 3.63) is 35.9 Å². The molecule has 1 unspecified atom stereocenters. The van der Waals surface area contributed by atoms with Gasteiger partial charge < -0.3 is 16.0 Å². The molecule has 1 aliphatic rings. The first kappa shape index (κ1) is 18.5. The van der Waals surface area contributed by atoms with Crippen LogP contribution in [0.1, 0.15) is 25.3 Å². The minimum atomic E-state index is -0.352. The number of likely N-dealkylation sites (tertiary alicyclic amines) is 1. The molecule has 0 radical (unpaired) electrons. The largest absolute Gasteiger partial charge is 0.351 e. The summed E-state index contributed by atoms with van der Waals surface area (Å²) >= 11 is 0. The summed E-state index contributed by atoms with van der Waals surface area (Å²) in [6.07, 6.45) is 1.94. The molecule has 0 saturated carbocycles. The molecule has 5 nitrogen and oxygen atoms in total. The highest BCUT2D eigenvalue weighted by Gasteiger charge is 2.34. The summed E-state index contributed by atoms with van der Waals surface area (Å²) in [4.78, 5) is 26.3. The van der Waals surface area contributed by atoms with Crippen LogP contribution in [-0.4, -0.2) is 41.9 Å². The number of benzene rings is 1. The first-order valence-corrected chi connectivity index (χ1v) is 7.45. The van der Waals surface area contributed by atoms with Gasteiger partial charge in [0.05, 0.1) is 6.42 Å². The second kappa shape index (κ2) is 8.76. The second-order valence-corrected chi connectivity index (χ2v) is 5.55. The third kappa shape index (κ3) is 4.71. The molecular weight excluding hydrogens is 302 g/mol. The van der Waals surface area contributed by atoms with Crippen molar-refractivity contribution >= 4 is 24.2 Å². The molecule has 0 aromatic heterocycles. The lowest BCUT2D eigenvalue weighted by Gasteiger charge is -2.25. The lowest BCUT2D eigenvalue weighted by molar-refractivity contribution is -0.138. The lowest BCUT2D eigenvalue weighted by Crippen LogP contribution is -2.50. The van der Waals surface area contributed by atoms with Crippen LogP contribution in [0.4, 0.5) is 0 Å². The lowest BCUT2D eigenvalue weighted by atomic mass is 10.1. The number of nitrogens with two attached hydrogens (primary N) is 1. The fourth-order valence-corrected chi connectivity index (χ4v) is 2.61. The summed E-state index contributed by atoms with van der Waals surface area (Å²) in [5.41, 5.74) is 6.50. The second-order valence-electron chi connectivity index (χ2n) is 5.55. The number of rotatable bonds is 5. The summed E-state index contributed by atoms with van der Waals surface area (Å²) in [6, 6.07) is 9.20. The standard InChI is InChI=1S/C16H23N3O2.ClH/c1-12(11-17)18-16(21)14-8-5-9-19(14)15(20)10-13-6-3-2-4-7-13;/h2-4,6-7,12,14H,5,8-11,17H2,1H3,(H,18,21);1H/t12-,14?;/m0./s1. The van der Waals surface area contributed by atoms with Gasteiger partial charge in [0.1, 0.15) is 6.04 Å². The first-order valence-electron chi connectivity index (χ1n) is 7.45. The van der Waals surface area contributed by atoms with Gasteiger partial charge in [0, 0.05) is 19.1 Å². The van der Waals surface area contributed by atoms with E-state index < -0.39 is 0 Å². The van der Waals surface area contributed by atoms with Crippen molar-refractivity contribution in [3.63, 3.8) is 0 Å². The van der Waals surface area contributed by atoms with Gasteiger partial charge in [-0.3, -0.25) is 9.59 Å². The maximum absolute atomic E-state index is 12.4. The van der Waals surface area contributed by atoms with E-state index in [0.29, 0.717) is 19.5 Å². The van der Waals surface area contributed by atoms with Crippen molar-refractivity contribution in [1.82, 2.24) is 10.2 Å². The van der Waals surface area contributed by atoms with Gasteiger partial charge in [-0.1, -0.05) is 30.3 Å². The average molecular weight is 326 g/mol. The Morgan fingerprint density at radius 3 is 2.68 bits per heavy atom. The number of hydrogen-bond donors (Lipinski definition) is 2. The summed E-state index contributed by atoms with van der Waals surface area (Å²) < 4.78 is 0. The molecule has 2 amide bonds. The summed E-state index contributed by atoms with van der Waals surface area (Å²) in [7, 11) is 0. The molecular formula is C16H24ClN3O2. The zero-order valence-corrected chi connectivity index (χ0v) is 13.6. The van der Waals surface area contributed by atoms with E-state index in [9.17, 15) is 9.59 Å². The smallest absolute Gasteiger partial charge is 0.243 e. The molecule has 6 heteroatoms. The Morgan fingerprint density at radius 1 is 1.36 bits per heavy atom. The molecule has 0 spiro atoms. The minimum Gasteiger partial charge on any atom is -0.351 e. The van der Waals surface area contributed by atoms with Crippen molar-refractivity contribution in [2.24, 2.45) is 5.73 Å². The van der Waals surface area contributed by atoms with Gasteiger partial charge in [-0.25, -0.2) is 0 Å². The highest BCUT2D eigenvalue weighted by Crippen LogP contribution is 2.19. The number of nitrogens with one attached hydrogen (secondary N) is 1. The Hall–Kier alpha value is -1.59. The average Bonchev–Trinajstić information content (AvgIpc) is 2.97. The SMILES string of the molecule is C[C@@H](CN)NC(=O)C1CCCN1C(=O)Cc1ccccc1.Cl. The molecule has 1 saturated heterocycles. The van der Waals surface area contributed by atoms with Crippen LogP contribution in [0.5, 0.6) is 0 Å². The molecule has 1 fully saturated rings. The van der Waals surface area contributed by atoms with Crippen LogP contribution in [0, 0.1) is 0 Å². The van der Waals surface area contributed by atoms with Gasteiger partial charge in [0.15, 0.2) is 0 Å². The number of halogens is 1. The van der Waals surface area contributed by atoms with Crippen LogP contribution in [0.15, 0.2) is 30.3 Å². The van der Waals surface area contributed by atoms with Crippen LogP contribution >= 0.6 is 12.4 Å². The molecule has 122 valence electrons. The molecule has 0 bridgehead atoms. The maximum Gasteiger partial charge on any atom is 0.243 e. The molecule has 22 heavy (non-hydrogen) atoms. The van der Waals surface area contributed by atoms with E-state index in [1.54, 1.807) is 4.90 Å². The quantitative estimate of drug-likeness (QED) is 0.851. The summed E-state index contributed by atoms with van der Waals surface area (Å²) in [5.74, 6) is -0.0777. The van der Waals surface area contributed by atoms with E-state index in [2.05, 4.69) is 5.32 Å². The molecule has 3 N–H and O–H groups in total. The van der Waals surface area contributed by atoms with E-state index in [1.807, 2.05) is 37.3 Å². The third-order valence-electron chi connectivity index (χ3n) is 3.82. The molecule has 2 atom stereocenters. The maximum atomic E-state index is 12.4. The van der Waals surface area contributed by atoms with Crippen LogP contribution in [0.2, 0.25) is 0 Å². The van der Waals surface area contributed by atoms with Gasteiger partial charge >= 0.3 is 0 Å². The van der Waals surface area contributed by atoms with Crippen molar-refractivity contribution in [1.29, 1.82) is 0 Å². The summed E-state index contributed by atoms with van der Waals surface area (Å²) in [5, 5.41) is 2.86. The third-order valence-corrected chi connectivity index (χ3v) is 3.82. The topological polar surface area (TPSA) is 75.4 Å². The van der Waals surface area contributed by atoms with E-state index >= 15 is 0 Å². The predicted octanol–water partition coefficient (Wildman–Crippen LogP) is 1.11. The highest BCUT2D eigenvalue weighted by molar-refractivity contribution is 5.89. The van der Waals surface area contributed by atoms with Gasteiger partial charge in [0.2, 0.25) is 11.8 Å². The van der Waals surface area contributed by atoms with Crippen molar-refractivity contribution < 1.29 is 9.59 Å². The Labute approximate surface area is 137 Å². The minimum absolute atomic E-state index is 0. The Balaban J connectivity index is 0.00000242. The number of carbonyl (C=O) groups is 2. The van der Waals surface area contributed by atoms with Gasteiger partial charge in [-0.15, -0.1) is 12.4 Å². The normalized spacial score (nSPS) is 18.5. The molecule has 2 rings (SSSR count). The van der Waals surface area contributed by atoms with Crippen LogP contribution in [-0.2, 0) is 16.0 Å². The fraction of sp³-hybridized carbons (Fsp3) is 0.500. The highest BCUT2D eigenvalue weighted by atomic mass is 35.5. The summed E-state index contributed by atoms with van der Waals surface area (Å²) in [6.45, 7) is 2.92. The zero-order valence-electron chi connectivity index (χ0n) is 12.8. The van der Waals surface area contributed by atoms with E-state index in [4.69, 9.17) is 5.73 Å². The van der Waals surface area contributed by atoms with Crippen molar-refractivity contribution in [3.8, 4) is 0 Å². The van der Waals surface area contributed by atoms with Gasteiger partial charge in [0.25, 0.3) is 0 Å². The predicted molar refractivity (Wildman–Crippen MR) is 88.8 cm³/mol. The molecule has 1 aromatic carbocycles. The number of carbonyl (C=O) groups excluding carboxylic acids is 2. The van der Waals surface area contributed by atoms with Crippen molar-refractivity contribution in [2.75, 3.05) is 13.1 Å². The molecule has 1 aromatic rings. The van der Waals surface area contributed by atoms with E-state index in [1.165, 1.54) is 0 Å². The number of nitrogens with zero attached hydrogens (tertiary/aromatic N) is 1. The van der Waals surface area contributed by atoms with Crippen LogP contribution in [0.25, 0.3) is 0 Å². The zero-order chi connectivity index (χ0) is 15.2. The number of amides is 2. The monoisotopic (exact) mass is 325 g/mol. The van der Waals surface area contributed by atoms with Gasteiger partial charge in [-0.2, -0.15) is 0 Å². The Bertz CT molecular complexity index is 495. The number of hydrogen-bond acceptors (Lipinski definition) is 3. The van der Waals surface area contributed by atoms with E-state index in [-0.39, 0.29) is 36.3 Å². The molecule has 0 aliphatic carbocycles. The Morgan fingerprint density at radius 2 is 2.05 bits per heavy atom. The molecule has 1 heterocycles. The van der Waals surface area contributed by atoms with Crippen molar-refractivity contribution in [2.45, 2.75) is 38.3 Å².